The minimum Gasteiger partial charge on any atom is -0.327 e. The van der Waals surface area contributed by atoms with E-state index in [2.05, 4.69) is 34.6 Å². The minimum absolute atomic E-state index is 0.333. The van der Waals surface area contributed by atoms with Gasteiger partial charge in [0.15, 0.2) is 0 Å². The molecule has 0 heterocycles. The van der Waals surface area contributed by atoms with Crippen molar-refractivity contribution in [3.63, 3.8) is 0 Å². The maximum Gasteiger partial charge on any atom is 0.285 e. The van der Waals surface area contributed by atoms with E-state index in [4.69, 9.17) is 14.2 Å². The minimum atomic E-state index is -0.837. The van der Waals surface area contributed by atoms with Crippen molar-refractivity contribution in [1.82, 2.24) is 0 Å². The molecule has 0 spiro atoms. The molecule has 1 atom stereocenters. The van der Waals surface area contributed by atoms with E-state index in [-0.39, 0.29) is 0 Å². The molecule has 1 unspecified atom stereocenters. The van der Waals surface area contributed by atoms with Gasteiger partial charge in [0.2, 0.25) is 0 Å². The van der Waals surface area contributed by atoms with Crippen LogP contribution in [0.5, 0.6) is 0 Å². The third kappa shape index (κ3) is 14.5. The van der Waals surface area contributed by atoms with Crippen molar-refractivity contribution in [3.05, 3.63) is 0 Å². The molecule has 0 saturated heterocycles. The lowest BCUT2D eigenvalue weighted by Crippen LogP contribution is -2.47. The van der Waals surface area contributed by atoms with Gasteiger partial charge < -0.3 is 14.2 Å². The van der Waals surface area contributed by atoms with Gasteiger partial charge in [0.05, 0.1) is 19.8 Å². The molecule has 176 valence electrons. The van der Waals surface area contributed by atoms with Crippen molar-refractivity contribution >= 4 is 0 Å². The highest BCUT2D eigenvalue weighted by molar-refractivity contribution is 4.73. The van der Waals surface area contributed by atoms with Crippen molar-refractivity contribution in [2.45, 2.75) is 143 Å². The molecule has 0 aliphatic heterocycles. The van der Waals surface area contributed by atoms with Crippen LogP contribution in [-0.4, -0.2) is 25.8 Å². The Morgan fingerprint density at radius 1 is 0.448 bits per heavy atom. The van der Waals surface area contributed by atoms with E-state index in [0.717, 1.165) is 32.1 Å². The Balaban J connectivity index is 5.07. The zero-order valence-corrected chi connectivity index (χ0v) is 20.7. The number of rotatable bonds is 23. The van der Waals surface area contributed by atoms with Crippen LogP contribution in [0.4, 0.5) is 0 Å². The Hall–Kier alpha value is -0.120. The summed E-state index contributed by atoms with van der Waals surface area (Å²) in [6.45, 7) is 13.2. The van der Waals surface area contributed by atoms with E-state index in [0.29, 0.717) is 25.7 Å². The summed E-state index contributed by atoms with van der Waals surface area (Å²) in [6, 6.07) is 0. The molecule has 3 nitrogen and oxygen atoms in total. The largest absolute Gasteiger partial charge is 0.327 e. The van der Waals surface area contributed by atoms with Crippen molar-refractivity contribution in [2.24, 2.45) is 5.92 Å². The fourth-order valence-electron chi connectivity index (χ4n) is 3.87. The van der Waals surface area contributed by atoms with Gasteiger partial charge in [-0.05, 0) is 32.1 Å². The van der Waals surface area contributed by atoms with E-state index >= 15 is 0 Å². The van der Waals surface area contributed by atoms with Crippen LogP contribution in [0, 0.1) is 5.92 Å². The molecule has 0 radical (unpaired) electrons. The Kier molecular flexibility index (Phi) is 21.0. The highest BCUT2D eigenvalue weighted by Crippen LogP contribution is 2.35. The molecule has 29 heavy (non-hydrogen) atoms. The smallest absolute Gasteiger partial charge is 0.285 e. The molecular formula is C26H54O3. The monoisotopic (exact) mass is 414 g/mol. The Bertz CT molecular complexity index is 297. The first-order chi connectivity index (χ1) is 14.2. The number of ether oxygens (including phenoxy) is 3. The maximum atomic E-state index is 6.37. The first-order valence-corrected chi connectivity index (χ1v) is 13.1. The Morgan fingerprint density at radius 2 is 0.793 bits per heavy atom. The normalized spacial score (nSPS) is 13.1. The summed E-state index contributed by atoms with van der Waals surface area (Å²) >= 11 is 0. The third-order valence-corrected chi connectivity index (χ3v) is 5.58. The summed E-state index contributed by atoms with van der Waals surface area (Å²) in [7, 11) is 0. The van der Waals surface area contributed by atoms with Crippen LogP contribution >= 0.6 is 0 Å². The zero-order chi connectivity index (χ0) is 21.6. The van der Waals surface area contributed by atoms with Gasteiger partial charge in [-0.2, -0.15) is 0 Å². The standard InChI is InChI=1S/C26H54O3/c1-6-11-13-15-17-19-21-25(20-18-16-14-12-7-2)26(27-22-8-3,28-23-9-4)29-24-10-5/h25H,6-24H2,1-5H3. The van der Waals surface area contributed by atoms with Crippen molar-refractivity contribution < 1.29 is 14.2 Å². The van der Waals surface area contributed by atoms with E-state index in [9.17, 15) is 0 Å². The second-order valence-electron chi connectivity index (χ2n) is 8.61. The molecule has 0 aliphatic rings. The Morgan fingerprint density at radius 3 is 1.14 bits per heavy atom. The molecule has 0 aromatic carbocycles. The van der Waals surface area contributed by atoms with Gasteiger partial charge in [0, 0.05) is 5.92 Å². The highest BCUT2D eigenvalue weighted by Gasteiger charge is 2.41. The first kappa shape index (κ1) is 28.9. The van der Waals surface area contributed by atoms with Gasteiger partial charge in [-0.1, -0.05) is 105 Å². The van der Waals surface area contributed by atoms with Crippen molar-refractivity contribution in [1.29, 1.82) is 0 Å². The fraction of sp³-hybridized carbons (Fsp3) is 1.00. The molecular weight excluding hydrogens is 360 g/mol. The van der Waals surface area contributed by atoms with E-state index < -0.39 is 5.97 Å². The predicted octanol–water partition coefficient (Wildman–Crippen LogP) is 8.65. The molecule has 0 bridgehead atoms. The summed E-state index contributed by atoms with van der Waals surface area (Å²) < 4.78 is 19.1. The van der Waals surface area contributed by atoms with Crippen molar-refractivity contribution in [2.75, 3.05) is 19.8 Å². The van der Waals surface area contributed by atoms with Crippen LogP contribution in [0.2, 0.25) is 0 Å². The molecule has 0 aliphatic carbocycles. The number of unbranched alkanes of at least 4 members (excludes halogenated alkanes) is 9. The van der Waals surface area contributed by atoms with E-state index in [1.807, 2.05) is 0 Å². The molecule has 0 fully saturated rings. The predicted molar refractivity (Wildman–Crippen MR) is 126 cm³/mol. The summed E-state index contributed by atoms with van der Waals surface area (Å²) in [5.41, 5.74) is 0. The van der Waals surface area contributed by atoms with Crippen molar-refractivity contribution in [3.8, 4) is 0 Å². The molecule has 0 saturated carbocycles. The zero-order valence-electron chi connectivity index (χ0n) is 20.7. The SMILES string of the molecule is CCCCCCCCC(CCCCCCC)C(OCCC)(OCCC)OCCC. The molecule has 0 aromatic rings. The van der Waals surface area contributed by atoms with Gasteiger partial charge in [-0.15, -0.1) is 0 Å². The van der Waals surface area contributed by atoms with Crippen LogP contribution in [-0.2, 0) is 14.2 Å². The molecule has 3 heteroatoms. The number of hydrogen-bond donors (Lipinski definition) is 0. The van der Waals surface area contributed by atoms with E-state index in [1.54, 1.807) is 0 Å². The van der Waals surface area contributed by atoms with Gasteiger partial charge in [0.1, 0.15) is 0 Å². The second-order valence-corrected chi connectivity index (χ2v) is 8.61. The third-order valence-electron chi connectivity index (χ3n) is 5.58. The molecule has 0 rings (SSSR count). The molecule has 0 N–H and O–H groups in total. The first-order valence-electron chi connectivity index (χ1n) is 13.1. The maximum absolute atomic E-state index is 6.37. The van der Waals surface area contributed by atoms with Crippen LogP contribution in [0.15, 0.2) is 0 Å². The number of hydrogen-bond acceptors (Lipinski definition) is 3. The van der Waals surface area contributed by atoms with Gasteiger partial charge >= 0.3 is 0 Å². The van der Waals surface area contributed by atoms with E-state index in [1.165, 1.54) is 70.6 Å². The van der Waals surface area contributed by atoms with Crippen LogP contribution < -0.4 is 0 Å². The van der Waals surface area contributed by atoms with Gasteiger partial charge in [-0.3, -0.25) is 0 Å². The fourth-order valence-corrected chi connectivity index (χ4v) is 3.87. The topological polar surface area (TPSA) is 27.7 Å². The second kappa shape index (κ2) is 21.1. The average molecular weight is 415 g/mol. The lowest BCUT2D eigenvalue weighted by Gasteiger charge is -2.40. The highest BCUT2D eigenvalue weighted by atomic mass is 16.9. The quantitative estimate of drug-likeness (QED) is 0.124. The molecule has 0 aromatic heterocycles. The summed E-state index contributed by atoms with van der Waals surface area (Å²) in [4.78, 5) is 0. The lowest BCUT2D eigenvalue weighted by molar-refractivity contribution is -0.406. The van der Waals surface area contributed by atoms with Crippen LogP contribution in [0.25, 0.3) is 0 Å². The van der Waals surface area contributed by atoms with Crippen LogP contribution in [0.3, 0.4) is 0 Å². The lowest BCUT2D eigenvalue weighted by atomic mass is 9.91. The van der Waals surface area contributed by atoms with Gasteiger partial charge in [-0.25, -0.2) is 0 Å². The summed E-state index contributed by atoms with van der Waals surface area (Å²) in [6.07, 6.45) is 19.8. The summed E-state index contributed by atoms with van der Waals surface area (Å²) in [5, 5.41) is 0. The van der Waals surface area contributed by atoms with Gasteiger partial charge in [0.25, 0.3) is 5.97 Å². The molecule has 0 amide bonds. The Labute approximate surface area is 183 Å². The average Bonchev–Trinajstić information content (AvgIpc) is 2.74. The van der Waals surface area contributed by atoms with Crippen LogP contribution in [0.1, 0.15) is 137 Å². The summed E-state index contributed by atoms with van der Waals surface area (Å²) in [5.74, 6) is -0.504.